The van der Waals surface area contributed by atoms with Gasteiger partial charge in [-0.1, -0.05) is 34.8 Å². The molecule has 1 amide bonds. The van der Waals surface area contributed by atoms with Crippen LogP contribution in [-0.2, 0) is 4.79 Å². The third-order valence-electron chi connectivity index (χ3n) is 2.67. The largest absolute Gasteiger partial charge is 0.309 e. The predicted octanol–water partition coefficient (Wildman–Crippen LogP) is 4.24. The molecule has 0 bridgehead atoms. The van der Waals surface area contributed by atoms with Gasteiger partial charge in [0.25, 0.3) is 0 Å². The Balaban J connectivity index is 2.38. The SMILES string of the molecule is O=C1CC(CCl)CN1c1c(Cl)cc(Cl)cc1Cl. The van der Waals surface area contributed by atoms with Crippen molar-refractivity contribution in [2.24, 2.45) is 5.92 Å². The molecule has 0 aliphatic carbocycles. The smallest absolute Gasteiger partial charge is 0.227 e. The normalized spacial score (nSPS) is 20.1. The summed E-state index contributed by atoms with van der Waals surface area (Å²) in [6.07, 6.45) is 0.429. The molecule has 17 heavy (non-hydrogen) atoms. The summed E-state index contributed by atoms with van der Waals surface area (Å²) in [5, 5.41) is 1.21. The average Bonchev–Trinajstić information content (AvgIpc) is 2.59. The van der Waals surface area contributed by atoms with Crippen LogP contribution < -0.4 is 4.90 Å². The maximum atomic E-state index is 11.9. The summed E-state index contributed by atoms with van der Waals surface area (Å²) in [6.45, 7) is 0.545. The van der Waals surface area contributed by atoms with E-state index in [0.717, 1.165) is 0 Å². The van der Waals surface area contributed by atoms with Crippen LogP contribution in [0, 0.1) is 5.92 Å². The van der Waals surface area contributed by atoms with Crippen molar-refractivity contribution in [1.29, 1.82) is 0 Å². The van der Waals surface area contributed by atoms with E-state index in [9.17, 15) is 4.79 Å². The van der Waals surface area contributed by atoms with Crippen molar-refractivity contribution >= 4 is 58.0 Å². The van der Waals surface area contributed by atoms with Gasteiger partial charge in [-0.25, -0.2) is 0 Å². The van der Waals surface area contributed by atoms with Crippen LogP contribution in [0.2, 0.25) is 15.1 Å². The third kappa shape index (κ3) is 2.65. The molecule has 92 valence electrons. The maximum absolute atomic E-state index is 11.9. The van der Waals surface area contributed by atoms with Gasteiger partial charge in [0.2, 0.25) is 5.91 Å². The Hall–Kier alpha value is -0.150. The average molecular weight is 313 g/mol. The first-order valence-electron chi connectivity index (χ1n) is 5.03. The lowest BCUT2D eigenvalue weighted by Crippen LogP contribution is -2.25. The van der Waals surface area contributed by atoms with Gasteiger partial charge in [0.15, 0.2) is 0 Å². The van der Waals surface area contributed by atoms with E-state index in [1.54, 1.807) is 17.0 Å². The molecule has 1 aliphatic rings. The zero-order chi connectivity index (χ0) is 12.6. The van der Waals surface area contributed by atoms with Crippen molar-refractivity contribution in [3.8, 4) is 0 Å². The van der Waals surface area contributed by atoms with Gasteiger partial charge in [0.1, 0.15) is 0 Å². The van der Waals surface area contributed by atoms with Crippen LogP contribution in [0.25, 0.3) is 0 Å². The van der Waals surface area contributed by atoms with Crippen LogP contribution in [0.3, 0.4) is 0 Å². The summed E-state index contributed by atoms with van der Waals surface area (Å²) < 4.78 is 0. The van der Waals surface area contributed by atoms with Gasteiger partial charge >= 0.3 is 0 Å². The molecule has 1 aromatic carbocycles. The quantitative estimate of drug-likeness (QED) is 0.748. The van der Waals surface area contributed by atoms with E-state index in [1.165, 1.54) is 0 Å². The number of rotatable bonds is 2. The minimum Gasteiger partial charge on any atom is -0.309 e. The molecule has 1 saturated heterocycles. The molecule has 1 aliphatic heterocycles. The van der Waals surface area contributed by atoms with Crippen LogP contribution in [0.5, 0.6) is 0 Å². The minimum atomic E-state index is -0.0122. The Kier molecular flexibility index (Phi) is 4.09. The molecule has 6 heteroatoms. The summed E-state index contributed by atoms with van der Waals surface area (Å²) in [5.74, 6) is 0.583. The van der Waals surface area contributed by atoms with Crippen LogP contribution in [0.4, 0.5) is 5.69 Å². The van der Waals surface area contributed by atoms with Crippen molar-refractivity contribution in [2.45, 2.75) is 6.42 Å². The number of carbonyl (C=O) groups is 1. The third-order valence-corrected chi connectivity index (χ3v) is 3.91. The van der Waals surface area contributed by atoms with Crippen molar-refractivity contribution in [3.05, 3.63) is 27.2 Å². The van der Waals surface area contributed by atoms with Gasteiger partial charge in [-0.3, -0.25) is 4.79 Å². The summed E-state index contributed by atoms with van der Waals surface area (Å²) in [6, 6.07) is 3.15. The molecular formula is C11H9Cl4NO. The fourth-order valence-corrected chi connectivity index (χ4v) is 3.12. The highest BCUT2D eigenvalue weighted by atomic mass is 35.5. The number of amides is 1. The van der Waals surface area contributed by atoms with Crippen LogP contribution in [0.1, 0.15) is 6.42 Å². The number of hydrogen-bond acceptors (Lipinski definition) is 1. The lowest BCUT2D eigenvalue weighted by Gasteiger charge is -2.19. The molecule has 0 N–H and O–H groups in total. The van der Waals surface area contributed by atoms with Gasteiger partial charge in [0.05, 0.1) is 15.7 Å². The summed E-state index contributed by atoms with van der Waals surface area (Å²) in [5.41, 5.74) is 0.523. The topological polar surface area (TPSA) is 20.3 Å². The Bertz CT molecular complexity index is 440. The van der Waals surface area contributed by atoms with E-state index in [1.807, 2.05) is 0 Å². The molecule has 1 fully saturated rings. The Labute approximate surface area is 119 Å². The number of hydrogen-bond donors (Lipinski definition) is 0. The Morgan fingerprint density at radius 3 is 2.29 bits per heavy atom. The molecule has 2 nitrogen and oxygen atoms in total. The summed E-state index contributed by atoms with van der Waals surface area (Å²) >= 11 is 23.7. The Morgan fingerprint density at radius 2 is 1.82 bits per heavy atom. The molecule has 2 rings (SSSR count). The lowest BCUT2D eigenvalue weighted by molar-refractivity contribution is -0.117. The van der Waals surface area contributed by atoms with Crippen molar-refractivity contribution in [3.63, 3.8) is 0 Å². The maximum Gasteiger partial charge on any atom is 0.227 e. The van der Waals surface area contributed by atoms with E-state index in [2.05, 4.69) is 0 Å². The monoisotopic (exact) mass is 311 g/mol. The van der Waals surface area contributed by atoms with Gasteiger partial charge < -0.3 is 4.90 Å². The molecule has 0 saturated carbocycles. The highest BCUT2D eigenvalue weighted by Gasteiger charge is 2.32. The van der Waals surface area contributed by atoms with E-state index < -0.39 is 0 Å². The number of benzene rings is 1. The van der Waals surface area contributed by atoms with Crippen molar-refractivity contribution in [1.82, 2.24) is 0 Å². The second-order valence-electron chi connectivity index (χ2n) is 3.95. The first-order chi connectivity index (χ1) is 8.02. The van der Waals surface area contributed by atoms with E-state index in [4.69, 9.17) is 46.4 Å². The van der Waals surface area contributed by atoms with E-state index in [0.29, 0.717) is 39.6 Å². The Morgan fingerprint density at radius 1 is 1.24 bits per heavy atom. The van der Waals surface area contributed by atoms with Crippen LogP contribution in [0.15, 0.2) is 12.1 Å². The van der Waals surface area contributed by atoms with Gasteiger partial charge in [0, 0.05) is 23.9 Å². The number of alkyl halides is 1. The predicted molar refractivity (Wildman–Crippen MR) is 72.7 cm³/mol. The molecule has 0 radical (unpaired) electrons. The molecule has 1 atom stereocenters. The highest BCUT2D eigenvalue weighted by Crippen LogP contribution is 2.39. The number of halogens is 4. The van der Waals surface area contributed by atoms with Gasteiger partial charge in [-0.2, -0.15) is 0 Å². The highest BCUT2D eigenvalue weighted by molar-refractivity contribution is 6.42. The lowest BCUT2D eigenvalue weighted by atomic mass is 10.1. The summed E-state index contributed by atoms with van der Waals surface area (Å²) in [4.78, 5) is 13.4. The first kappa shape index (κ1) is 13.3. The molecule has 0 aromatic heterocycles. The fraction of sp³-hybridized carbons (Fsp3) is 0.364. The van der Waals surface area contributed by atoms with Crippen molar-refractivity contribution < 1.29 is 4.79 Å². The minimum absolute atomic E-state index is 0.0122. The number of anilines is 1. The summed E-state index contributed by atoms with van der Waals surface area (Å²) in [7, 11) is 0. The van der Waals surface area contributed by atoms with E-state index >= 15 is 0 Å². The number of nitrogens with zero attached hydrogens (tertiary/aromatic N) is 1. The fourth-order valence-electron chi connectivity index (χ4n) is 1.89. The molecular weight excluding hydrogens is 304 g/mol. The first-order valence-corrected chi connectivity index (χ1v) is 6.70. The number of carbonyl (C=O) groups excluding carboxylic acids is 1. The van der Waals surface area contributed by atoms with Gasteiger partial charge in [-0.15, -0.1) is 11.6 Å². The zero-order valence-electron chi connectivity index (χ0n) is 8.72. The standard InChI is InChI=1S/C11H9Cl4NO/c12-4-6-1-10(17)16(5-6)11-8(14)2-7(13)3-9(11)15/h2-3,6H,1,4-5H2. The molecule has 1 heterocycles. The van der Waals surface area contributed by atoms with Crippen LogP contribution in [-0.4, -0.2) is 18.3 Å². The molecule has 1 aromatic rings. The zero-order valence-corrected chi connectivity index (χ0v) is 11.7. The van der Waals surface area contributed by atoms with Gasteiger partial charge in [-0.05, 0) is 18.1 Å². The van der Waals surface area contributed by atoms with Crippen LogP contribution >= 0.6 is 46.4 Å². The van der Waals surface area contributed by atoms with Crippen molar-refractivity contribution in [2.75, 3.05) is 17.3 Å². The molecule has 1 unspecified atom stereocenters. The second kappa shape index (κ2) is 5.23. The van der Waals surface area contributed by atoms with E-state index in [-0.39, 0.29) is 11.8 Å². The second-order valence-corrected chi connectivity index (χ2v) is 5.51. The molecule has 0 spiro atoms.